The van der Waals surface area contributed by atoms with Crippen LogP contribution in [0.5, 0.6) is 23.0 Å². The normalized spacial score (nSPS) is 15.3. The van der Waals surface area contributed by atoms with Crippen LogP contribution in [0.25, 0.3) is 0 Å². The molecule has 0 saturated carbocycles. The molecule has 0 aromatic heterocycles. The molecule has 0 unspecified atom stereocenters. The van der Waals surface area contributed by atoms with Crippen molar-refractivity contribution >= 4 is 11.7 Å². The first kappa shape index (κ1) is 21.1. The zero-order valence-electron chi connectivity index (χ0n) is 17.3. The average molecular weight is 451 g/mol. The number of anilines is 1. The number of hydrogen-bond acceptors (Lipinski definition) is 9. The van der Waals surface area contributed by atoms with E-state index in [0.717, 1.165) is 0 Å². The number of rotatable bonds is 5. The van der Waals surface area contributed by atoms with Gasteiger partial charge in [0.15, 0.2) is 5.60 Å². The Kier molecular flexibility index (Phi) is 4.71. The molecule has 0 fully saturated rings. The maximum Gasteiger partial charge on any atom is 0.340 e. The SMILES string of the molecule is O=C1OC2(c3ccc(O)cc3Oc3cc(O)ccc32)c2ccc(NC(CO)(CO)CO)cc21. The summed E-state index contributed by atoms with van der Waals surface area (Å²) in [6.45, 7) is -1.59. The van der Waals surface area contributed by atoms with E-state index in [1.807, 2.05) is 0 Å². The number of ether oxygens (including phenoxy) is 2. The molecule has 3 aromatic rings. The van der Waals surface area contributed by atoms with Crippen molar-refractivity contribution in [1.82, 2.24) is 0 Å². The van der Waals surface area contributed by atoms with Gasteiger partial charge in [-0.2, -0.15) is 0 Å². The third-order valence-electron chi connectivity index (χ3n) is 6.09. The summed E-state index contributed by atoms with van der Waals surface area (Å²) in [7, 11) is 0. The molecule has 0 bridgehead atoms. The third-order valence-corrected chi connectivity index (χ3v) is 6.09. The fraction of sp³-hybridized carbons (Fsp3) is 0.208. The zero-order chi connectivity index (χ0) is 23.4. The number of aliphatic hydroxyl groups is 3. The average Bonchev–Trinajstić information content (AvgIpc) is 3.09. The minimum Gasteiger partial charge on any atom is -0.508 e. The van der Waals surface area contributed by atoms with Gasteiger partial charge < -0.3 is 40.3 Å². The highest BCUT2D eigenvalue weighted by Crippen LogP contribution is 2.57. The van der Waals surface area contributed by atoms with Gasteiger partial charge in [0.1, 0.15) is 28.5 Å². The van der Waals surface area contributed by atoms with E-state index in [1.165, 1.54) is 30.3 Å². The van der Waals surface area contributed by atoms with E-state index in [0.29, 0.717) is 22.4 Å². The first-order valence-electron chi connectivity index (χ1n) is 10.2. The standard InChI is InChI=1S/C24H21NO8/c26-10-23(11-27,12-28)25-13-1-4-17-16(7-13)22(31)33-24(17)18-5-2-14(29)8-20(18)32-21-9-15(30)3-6-19(21)24/h1-9,25-30H,10-12H2. The van der Waals surface area contributed by atoms with E-state index >= 15 is 0 Å². The van der Waals surface area contributed by atoms with Crippen molar-refractivity contribution in [2.24, 2.45) is 0 Å². The van der Waals surface area contributed by atoms with Crippen molar-refractivity contribution in [3.63, 3.8) is 0 Å². The molecule has 170 valence electrons. The third kappa shape index (κ3) is 3.01. The second kappa shape index (κ2) is 7.38. The highest BCUT2D eigenvalue weighted by Gasteiger charge is 2.53. The van der Waals surface area contributed by atoms with Crippen LogP contribution in [0.1, 0.15) is 27.0 Å². The Labute approximate surface area is 188 Å². The van der Waals surface area contributed by atoms with Crippen LogP contribution in [0, 0.1) is 0 Å². The van der Waals surface area contributed by atoms with E-state index in [2.05, 4.69) is 5.32 Å². The Morgan fingerprint density at radius 3 is 1.88 bits per heavy atom. The van der Waals surface area contributed by atoms with E-state index in [9.17, 15) is 30.3 Å². The smallest absolute Gasteiger partial charge is 0.340 e. The van der Waals surface area contributed by atoms with Crippen molar-refractivity contribution in [2.45, 2.75) is 11.1 Å². The Bertz CT molecular complexity index is 1210. The van der Waals surface area contributed by atoms with Crippen LogP contribution in [0.2, 0.25) is 0 Å². The van der Waals surface area contributed by atoms with Crippen LogP contribution >= 0.6 is 0 Å². The maximum absolute atomic E-state index is 13.1. The number of nitrogens with one attached hydrogen (secondary N) is 1. The lowest BCUT2D eigenvalue weighted by atomic mass is 9.77. The van der Waals surface area contributed by atoms with Crippen LogP contribution in [0.15, 0.2) is 54.6 Å². The van der Waals surface area contributed by atoms with E-state index in [-0.39, 0.29) is 28.6 Å². The summed E-state index contributed by atoms with van der Waals surface area (Å²) in [6.07, 6.45) is 0. The molecule has 0 atom stereocenters. The fourth-order valence-electron chi connectivity index (χ4n) is 4.36. The minimum absolute atomic E-state index is 0.0371. The van der Waals surface area contributed by atoms with Crippen LogP contribution in [0.3, 0.4) is 0 Å². The lowest BCUT2D eigenvalue weighted by Crippen LogP contribution is -2.49. The Morgan fingerprint density at radius 1 is 0.788 bits per heavy atom. The highest BCUT2D eigenvalue weighted by atomic mass is 16.6. The van der Waals surface area contributed by atoms with Gasteiger partial charge in [-0.3, -0.25) is 0 Å². The molecule has 9 nitrogen and oxygen atoms in total. The molecule has 5 rings (SSSR count). The van der Waals surface area contributed by atoms with Crippen molar-refractivity contribution in [3.8, 4) is 23.0 Å². The van der Waals surface area contributed by atoms with Crippen LogP contribution in [0.4, 0.5) is 5.69 Å². The molecule has 9 heteroatoms. The van der Waals surface area contributed by atoms with Gasteiger partial charge in [0, 0.05) is 34.5 Å². The summed E-state index contributed by atoms with van der Waals surface area (Å²) in [4.78, 5) is 13.1. The summed E-state index contributed by atoms with van der Waals surface area (Å²) < 4.78 is 11.9. The number of aromatic hydroxyl groups is 2. The number of carbonyl (C=O) groups is 1. The fourth-order valence-corrected chi connectivity index (χ4v) is 4.36. The lowest BCUT2D eigenvalue weighted by Gasteiger charge is -2.36. The highest BCUT2D eigenvalue weighted by molar-refractivity contribution is 5.98. The molecule has 2 aliphatic rings. The molecular weight excluding hydrogens is 430 g/mol. The van der Waals surface area contributed by atoms with Gasteiger partial charge in [0.2, 0.25) is 0 Å². The van der Waals surface area contributed by atoms with Crippen molar-refractivity contribution in [1.29, 1.82) is 0 Å². The van der Waals surface area contributed by atoms with Gasteiger partial charge in [-0.1, -0.05) is 6.07 Å². The minimum atomic E-state index is -1.38. The number of phenols is 2. The molecule has 0 aliphatic carbocycles. The summed E-state index contributed by atoms with van der Waals surface area (Å²) in [5, 5.41) is 51.7. The van der Waals surface area contributed by atoms with Crippen molar-refractivity contribution in [2.75, 3.05) is 25.1 Å². The topological polar surface area (TPSA) is 149 Å². The number of phenolic OH excluding ortho intramolecular Hbond substituents is 2. The summed E-state index contributed by atoms with van der Waals surface area (Å²) in [5.41, 5.74) is -0.601. The van der Waals surface area contributed by atoms with Gasteiger partial charge >= 0.3 is 5.97 Å². The summed E-state index contributed by atoms with van der Waals surface area (Å²) in [5.74, 6) is -0.141. The quantitative estimate of drug-likeness (QED) is 0.319. The number of esters is 1. The summed E-state index contributed by atoms with van der Waals surface area (Å²) in [6, 6.07) is 13.8. The monoisotopic (exact) mass is 451 g/mol. The molecular formula is C24H21NO8. The second-order valence-corrected chi connectivity index (χ2v) is 8.17. The molecule has 0 amide bonds. The van der Waals surface area contributed by atoms with Crippen LogP contribution in [-0.4, -0.2) is 56.9 Å². The molecule has 3 aromatic carbocycles. The van der Waals surface area contributed by atoms with E-state index in [1.54, 1.807) is 24.3 Å². The molecule has 1 spiro atoms. The van der Waals surface area contributed by atoms with E-state index in [4.69, 9.17) is 9.47 Å². The number of hydrogen-bond donors (Lipinski definition) is 6. The predicted octanol–water partition coefficient (Wildman–Crippen LogP) is 1.79. The van der Waals surface area contributed by atoms with Gasteiger partial charge in [-0.05, 0) is 36.4 Å². The predicted molar refractivity (Wildman–Crippen MR) is 116 cm³/mol. The maximum atomic E-state index is 13.1. The first-order chi connectivity index (χ1) is 15.9. The molecule has 6 N–H and O–H groups in total. The van der Waals surface area contributed by atoms with E-state index < -0.39 is 36.9 Å². The Morgan fingerprint density at radius 2 is 1.33 bits per heavy atom. The van der Waals surface area contributed by atoms with Gasteiger partial charge in [-0.15, -0.1) is 0 Å². The number of fused-ring (bicyclic) bond motifs is 6. The van der Waals surface area contributed by atoms with Gasteiger partial charge in [0.05, 0.1) is 25.4 Å². The van der Waals surface area contributed by atoms with Crippen LogP contribution < -0.4 is 10.1 Å². The Hall–Kier alpha value is -3.79. The zero-order valence-corrected chi connectivity index (χ0v) is 17.3. The van der Waals surface area contributed by atoms with Gasteiger partial charge in [0.25, 0.3) is 0 Å². The number of benzene rings is 3. The largest absolute Gasteiger partial charge is 0.508 e. The number of aliphatic hydroxyl groups excluding tert-OH is 3. The lowest BCUT2D eigenvalue weighted by molar-refractivity contribution is 0.0224. The van der Waals surface area contributed by atoms with Gasteiger partial charge in [-0.25, -0.2) is 4.79 Å². The Balaban J connectivity index is 1.70. The molecule has 0 saturated heterocycles. The van der Waals surface area contributed by atoms with Crippen LogP contribution in [-0.2, 0) is 10.3 Å². The first-order valence-corrected chi connectivity index (χ1v) is 10.2. The molecule has 2 heterocycles. The second-order valence-electron chi connectivity index (χ2n) is 8.17. The molecule has 33 heavy (non-hydrogen) atoms. The molecule has 0 radical (unpaired) electrons. The van der Waals surface area contributed by atoms with Crippen molar-refractivity contribution in [3.05, 3.63) is 76.9 Å². The molecule has 2 aliphatic heterocycles. The summed E-state index contributed by atoms with van der Waals surface area (Å²) >= 11 is 0. The van der Waals surface area contributed by atoms with Crippen molar-refractivity contribution < 1.29 is 39.8 Å². The number of carbonyl (C=O) groups excluding carboxylic acids is 1.